The second kappa shape index (κ2) is 11.2. The molecule has 0 unspecified atom stereocenters. The molecule has 0 bridgehead atoms. The number of piperidine rings is 1. The van der Waals surface area contributed by atoms with Gasteiger partial charge in [-0.3, -0.25) is 4.79 Å². The molecule has 194 valence electrons. The zero-order chi connectivity index (χ0) is 26.4. The number of carboxylic acid groups (broad SMARTS) is 1. The van der Waals surface area contributed by atoms with Crippen molar-refractivity contribution in [3.63, 3.8) is 0 Å². The fourth-order valence-electron chi connectivity index (χ4n) is 3.72. The molecule has 1 N–H and O–H groups in total. The van der Waals surface area contributed by atoms with Crippen molar-refractivity contribution >= 4 is 12.1 Å². The zero-order valence-corrected chi connectivity index (χ0v) is 19.5. The molecule has 1 aromatic heterocycles. The largest absolute Gasteiger partial charge is 0.490 e. The van der Waals surface area contributed by atoms with Gasteiger partial charge in [-0.2, -0.15) is 13.2 Å². The minimum Gasteiger partial charge on any atom is -0.490 e. The molecule has 1 aliphatic rings. The van der Waals surface area contributed by atoms with Gasteiger partial charge >= 0.3 is 18.2 Å². The molecule has 3 aromatic rings. The number of pyridine rings is 1. The molecule has 8 nitrogen and oxygen atoms in total. The molecule has 0 spiro atoms. The Morgan fingerprint density at radius 1 is 0.973 bits per heavy atom. The Kier molecular flexibility index (Phi) is 7.80. The molecule has 0 atom stereocenters. The topological polar surface area (TPSA) is 98.2 Å². The summed E-state index contributed by atoms with van der Waals surface area (Å²) in [6.45, 7) is 0.859. The molecule has 4 rings (SSSR count). The van der Waals surface area contributed by atoms with Gasteiger partial charge in [-0.15, -0.1) is 0 Å². The number of benzene rings is 2. The van der Waals surface area contributed by atoms with Crippen molar-refractivity contribution in [3.8, 4) is 23.1 Å². The summed E-state index contributed by atoms with van der Waals surface area (Å²) in [5.74, 6) is 0.274. The van der Waals surface area contributed by atoms with Crippen LogP contribution < -0.4 is 14.2 Å². The summed E-state index contributed by atoms with van der Waals surface area (Å²) in [6, 6.07) is 15.0. The lowest BCUT2D eigenvalue weighted by atomic mass is 10.1. The number of hydrogen-bond acceptors (Lipinski definition) is 6. The Morgan fingerprint density at radius 3 is 2.30 bits per heavy atom. The van der Waals surface area contributed by atoms with Crippen molar-refractivity contribution in [1.29, 1.82) is 0 Å². The first kappa shape index (κ1) is 25.8. The number of halogens is 3. The third-order valence-corrected chi connectivity index (χ3v) is 5.57. The van der Waals surface area contributed by atoms with E-state index in [1.807, 2.05) is 0 Å². The van der Waals surface area contributed by atoms with Gasteiger partial charge in [0, 0.05) is 38.2 Å². The standard InChI is InChI=1S/C26H23F3N2O6/c27-26(28,29)18-4-9-23(30-16-18)36-19-5-7-20(8-6-19)37-25(34)31-12-10-21(11-13-31)35-22-3-1-2-17(14-22)15-24(32)33/h1-9,14,16,21H,10-13,15H2,(H,32,33). The first-order valence-electron chi connectivity index (χ1n) is 11.4. The quantitative estimate of drug-likeness (QED) is 0.439. The molecule has 1 aliphatic heterocycles. The summed E-state index contributed by atoms with van der Waals surface area (Å²) in [5.41, 5.74) is -0.222. The first-order chi connectivity index (χ1) is 17.7. The molecule has 11 heteroatoms. The summed E-state index contributed by atoms with van der Waals surface area (Å²) >= 11 is 0. The number of aromatic nitrogens is 1. The second-order valence-corrected chi connectivity index (χ2v) is 8.35. The van der Waals surface area contributed by atoms with Crippen LogP contribution in [0.1, 0.15) is 24.0 Å². The van der Waals surface area contributed by atoms with Crippen molar-refractivity contribution in [3.05, 3.63) is 78.0 Å². The lowest BCUT2D eigenvalue weighted by molar-refractivity contribution is -0.138. The number of carboxylic acids is 1. The van der Waals surface area contributed by atoms with Gasteiger partial charge in [-0.05, 0) is 48.0 Å². The van der Waals surface area contributed by atoms with Crippen LogP contribution in [0.3, 0.4) is 0 Å². The van der Waals surface area contributed by atoms with Crippen LogP contribution >= 0.6 is 0 Å². The number of carbonyl (C=O) groups excluding carboxylic acids is 1. The number of carbonyl (C=O) groups is 2. The van der Waals surface area contributed by atoms with Crippen molar-refractivity contribution < 1.29 is 42.1 Å². The van der Waals surface area contributed by atoms with Crippen LogP contribution in [-0.2, 0) is 17.4 Å². The molecule has 0 aliphatic carbocycles. The minimum absolute atomic E-state index is 0.00329. The fraction of sp³-hybridized carbons (Fsp3) is 0.269. The van der Waals surface area contributed by atoms with Crippen molar-refractivity contribution in [2.75, 3.05) is 13.1 Å². The maximum Gasteiger partial charge on any atom is 0.417 e. The minimum atomic E-state index is -4.48. The molecule has 2 aromatic carbocycles. The highest BCUT2D eigenvalue weighted by molar-refractivity contribution is 5.71. The van der Waals surface area contributed by atoms with E-state index in [1.165, 1.54) is 24.3 Å². The van der Waals surface area contributed by atoms with Crippen molar-refractivity contribution in [2.24, 2.45) is 0 Å². The monoisotopic (exact) mass is 516 g/mol. The van der Waals surface area contributed by atoms with Gasteiger partial charge in [-0.1, -0.05) is 12.1 Å². The van der Waals surface area contributed by atoms with E-state index in [4.69, 9.17) is 19.3 Å². The summed E-state index contributed by atoms with van der Waals surface area (Å²) in [4.78, 5) is 28.7. The van der Waals surface area contributed by atoms with Crippen LogP contribution in [0.5, 0.6) is 23.1 Å². The van der Waals surface area contributed by atoms with Gasteiger partial charge in [0.1, 0.15) is 23.4 Å². The van der Waals surface area contributed by atoms with Crippen LogP contribution in [-0.4, -0.2) is 46.2 Å². The van der Waals surface area contributed by atoms with E-state index in [1.54, 1.807) is 29.2 Å². The summed E-state index contributed by atoms with van der Waals surface area (Å²) in [7, 11) is 0. The highest BCUT2D eigenvalue weighted by Crippen LogP contribution is 2.30. The van der Waals surface area contributed by atoms with Crippen molar-refractivity contribution in [2.45, 2.75) is 31.5 Å². The van der Waals surface area contributed by atoms with E-state index in [9.17, 15) is 22.8 Å². The summed E-state index contributed by atoms with van der Waals surface area (Å²) < 4.78 is 54.7. The Balaban J connectivity index is 1.24. The Labute approximate surface area is 210 Å². The van der Waals surface area contributed by atoms with Crippen LogP contribution in [0.4, 0.5) is 18.0 Å². The second-order valence-electron chi connectivity index (χ2n) is 8.35. The third-order valence-electron chi connectivity index (χ3n) is 5.57. The van der Waals surface area contributed by atoms with Gasteiger partial charge < -0.3 is 24.2 Å². The number of hydrogen-bond donors (Lipinski definition) is 1. The Hall–Kier alpha value is -4.28. The maximum absolute atomic E-state index is 12.6. The number of likely N-dealkylation sites (tertiary alicyclic amines) is 1. The number of aliphatic carboxylic acids is 1. The number of alkyl halides is 3. The highest BCUT2D eigenvalue weighted by atomic mass is 19.4. The number of rotatable bonds is 7. The zero-order valence-electron chi connectivity index (χ0n) is 19.5. The molecular formula is C26H23F3N2O6. The van der Waals surface area contributed by atoms with E-state index in [-0.39, 0.29) is 24.2 Å². The fourth-order valence-corrected chi connectivity index (χ4v) is 3.72. The van der Waals surface area contributed by atoms with Crippen LogP contribution in [0.25, 0.3) is 0 Å². The lowest BCUT2D eigenvalue weighted by Crippen LogP contribution is -2.43. The number of nitrogens with zero attached hydrogens (tertiary/aromatic N) is 2. The molecule has 2 heterocycles. The van der Waals surface area contributed by atoms with Gasteiger partial charge in [0.05, 0.1) is 12.0 Å². The highest BCUT2D eigenvalue weighted by Gasteiger charge is 2.30. The van der Waals surface area contributed by atoms with E-state index in [0.717, 1.165) is 12.1 Å². The van der Waals surface area contributed by atoms with Gasteiger partial charge in [0.2, 0.25) is 5.88 Å². The van der Waals surface area contributed by atoms with Gasteiger partial charge in [0.25, 0.3) is 0 Å². The van der Waals surface area contributed by atoms with Crippen molar-refractivity contribution in [1.82, 2.24) is 9.88 Å². The van der Waals surface area contributed by atoms with Crippen LogP contribution in [0, 0.1) is 0 Å². The van der Waals surface area contributed by atoms with Crippen LogP contribution in [0.2, 0.25) is 0 Å². The van der Waals surface area contributed by atoms with E-state index in [0.29, 0.717) is 49.2 Å². The average Bonchev–Trinajstić information content (AvgIpc) is 2.85. The van der Waals surface area contributed by atoms with Crippen LogP contribution in [0.15, 0.2) is 66.9 Å². The summed E-state index contributed by atoms with van der Waals surface area (Å²) in [6.07, 6.45) is -3.32. The third kappa shape index (κ3) is 7.35. The molecule has 0 saturated carbocycles. The maximum atomic E-state index is 12.6. The predicted octanol–water partition coefficient (Wildman–Crippen LogP) is 5.56. The summed E-state index contributed by atoms with van der Waals surface area (Å²) in [5, 5.41) is 8.94. The molecule has 1 amide bonds. The predicted molar refractivity (Wildman–Crippen MR) is 125 cm³/mol. The van der Waals surface area contributed by atoms with E-state index < -0.39 is 23.8 Å². The smallest absolute Gasteiger partial charge is 0.417 e. The Morgan fingerprint density at radius 2 is 1.68 bits per heavy atom. The van der Waals surface area contributed by atoms with Gasteiger partial charge in [0.15, 0.2) is 0 Å². The molecule has 1 fully saturated rings. The SMILES string of the molecule is O=C(O)Cc1cccc(OC2CCN(C(=O)Oc3ccc(Oc4ccc(C(F)(F)F)cn4)cc3)CC2)c1. The normalized spacial score (nSPS) is 14.2. The lowest BCUT2D eigenvalue weighted by Gasteiger charge is -2.31. The van der Waals surface area contributed by atoms with E-state index in [2.05, 4.69) is 4.98 Å². The molecule has 1 saturated heterocycles. The van der Waals surface area contributed by atoms with Gasteiger partial charge in [-0.25, -0.2) is 9.78 Å². The van der Waals surface area contributed by atoms with E-state index >= 15 is 0 Å². The number of amides is 1. The molecule has 37 heavy (non-hydrogen) atoms. The molecule has 0 radical (unpaired) electrons. The number of ether oxygens (including phenoxy) is 3. The first-order valence-corrected chi connectivity index (χ1v) is 11.4. The molecular weight excluding hydrogens is 493 g/mol. The Bertz CT molecular complexity index is 1220. The average molecular weight is 516 g/mol.